The molecule has 0 radical (unpaired) electrons. The lowest BCUT2D eigenvalue weighted by Gasteiger charge is -2.36. The quantitative estimate of drug-likeness (QED) is 0.918. The van der Waals surface area contributed by atoms with Gasteiger partial charge in [0.05, 0.1) is 17.1 Å². The molecular formula is C18H22FN5. The van der Waals surface area contributed by atoms with Gasteiger partial charge in [-0.3, -0.25) is 0 Å². The molecule has 0 aromatic carbocycles. The summed E-state index contributed by atoms with van der Waals surface area (Å²) >= 11 is 0. The molecular weight excluding hydrogens is 305 g/mol. The van der Waals surface area contributed by atoms with Crippen molar-refractivity contribution in [2.45, 2.75) is 19.9 Å². The van der Waals surface area contributed by atoms with Crippen LogP contribution in [0.1, 0.15) is 12.6 Å². The third-order valence-electron chi connectivity index (χ3n) is 4.56. The summed E-state index contributed by atoms with van der Waals surface area (Å²) in [4.78, 5) is 8.68. The fraction of sp³-hybridized carbons (Fsp3) is 0.389. The largest absolute Gasteiger partial charge is 0.368 e. The predicted molar refractivity (Wildman–Crippen MR) is 93.5 cm³/mol. The van der Waals surface area contributed by atoms with Crippen LogP contribution in [0.5, 0.6) is 0 Å². The molecule has 1 unspecified atom stereocenters. The van der Waals surface area contributed by atoms with Crippen molar-refractivity contribution in [3.63, 3.8) is 0 Å². The van der Waals surface area contributed by atoms with Crippen LogP contribution >= 0.6 is 0 Å². The van der Waals surface area contributed by atoms with Gasteiger partial charge in [-0.15, -0.1) is 0 Å². The summed E-state index contributed by atoms with van der Waals surface area (Å²) in [6.45, 7) is 7.77. The Labute approximate surface area is 141 Å². The normalized spacial score (nSPS) is 21.5. The van der Waals surface area contributed by atoms with Gasteiger partial charge < -0.3 is 19.5 Å². The Hall–Kier alpha value is -2.34. The fourth-order valence-electron chi connectivity index (χ4n) is 3.40. The van der Waals surface area contributed by atoms with Gasteiger partial charge in [0.15, 0.2) is 11.5 Å². The number of halogens is 1. The first-order valence-electron chi connectivity index (χ1n) is 8.38. The molecule has 1 saturated heterocycles. The minimum absolute atomic E-state index is 0.291. The first-order chi connectivity index (χ1) is 11.6. The Bertz CT molecular complexity index is 822. The summed E-state index contributed by atoms with van der Waals surface area (Å²) in [5.74, 6) is -0.291. The van der Waals surface area contributed by atoms with Crippen LogP contribution < -0.4 is 10.2 Å². The summed E-state index contributed by atoms with van der Waals surface area (Å²) in [5, 5.41) is 3.46. The number of pyridine rings is 1. The third kappa shape index (κ3) is 2.78. The molecule has 0 bridgehead atoms. The van der Waals surface area contributed by atoms with Crippen LogP contribution in [0.2, 0.25) is 0 Å². The van der Waals surface area contributed by atoms with Crippen LogP contribution in [-0.2, 0) is 0 Å². The number of nitrogens with one attached hydrogen (secondary N) is 1. The molecule has 6 heteroatoms. The van der Waals surface area contributed by atoms with Crippen LogP contribution in [0.25, 0.3) is 5.65 Å². The standard InChI is InChI=1S/C18H22FN5/c1-13-9-23(7-5-20-13)15-4-3-6-22(11-15)16-8-17(19)18-21-14(2)10-24(18)12-16/h3-4,8,10-13,20H,5-7,9H2,1-2H3. The molecule has 1 N–H and O–H groups in total. The van der Waals surface area contributed by atoms with E-state index >= 15 is 0 Å². The average molecular weight is 327 g/mol. The number of fused-ring (bicyclic) bond motifs is 1. The van der Waals surface area contributed by atoms with E-state index in [1.807, 2.05) is 19.3 Å². The van der Waals surface area contributed by atoms with Crippen molar-refractivity contribution in [1.82, 2.24) is 19.6 Å². The van der Waals surface area contributed by atoms with E-state index in [-0.39, 0.29) is 5.82 Å². The Kier molecular flexibility index (Phi) is 3.76. The van der Waals surface area contributed by atoms with Gasteiger partial charge in [0.25, 0.3) is 0 Å². The topological polar surface area (TPSA) is 35.8 Å². The molecule has 0 amide bonds. The molecule has 0 aliphatic carbocycles. The van der Waals surface area contributed by atoms with E-state index < -0.39 is 0 Å². The van der Waals surface area contributed by atoms with Crippen LogP contribution in [0.4, 0.5) is 10.1 Å². The average Bonchev–Trinajstić information content (AvgIpc) is 2.96. The molecule has 2 aliphatic rings. The van der Waals surface area contributed by atoms with E-state index in [0.717, 1.165) is 37.6 Å². The number of anilines is 1. The highest BCUT2D eigenvalue weighted by Crippen LogP contribution is 2.24. The highest BCUT2D eigenvalue weighted by Gasteiger charge is 2.19. The van der Waals surface area contributed by atoms with Gasteiger partial charge in [-0.1, -0.05) is 6.08 Å². The lowest BCUT2D eigenvalue weighted by atomic mass is 10.2. The first kappa shape index (κ1) is 15.2. The lowest BCUT2D eigenvalue weighted by Crippen LogP contribution is -2.48. The Morgan fingerprint density at radius 2 is 2.21 bits per heavy atom. The molecule has 4 heterocycles. The zero-order valence-corrected chi connectivity index (χ0v) is 14.0. The van der Waals surface area contributed by atoms with Gasteiger partial charge in [-0.05, 0) is 19.9 Å². The number of aromatic nitrogens is 2. The highest BCUT2D eigenvalue weighted by atomic mass is 19.1. The summed E-state index contributed by atoms with van der Waals surface area (Å²) in [6, 6.07) is 2.04. The van der Waals surface area contributed by atoms with Gasteiger partial charge >= 0.3 is 0 Å². The van der Waals surface area contributed by atoms with Crippen molar-refractivity contribution < 1.29 is 4.39 Å². The zero-order chi connectivity index (χ0) is 16.7. The summed E-state index contributed by atoms with van der Waals surface area (Å²) in [6.07, 6.45) is 10.2. The van der Waals surface area contributed by atoms with Crippen LogP contribution in [-0.4, -0.2) is 46.5 Å². The molecule has 2 aliphatic heterocycles. The number of imidazole rings is 1. The fourth-order valence-corrected chi connectivity index (χ4v) is 3.40. The molecule has 24 heavy (non-hydrogen) atoms. The van der Waals surface area contributed by atoms with E-state index in [2.05, 4.69) is 45.4 Å². The van der Waals surface area contributed by atoms with Crippen molar-refractivity contribution in [3.8, 4) is 0 Å². The smallest absolute Gasteiger partial charge is 0.173 e. The second-order valence-corrected chi connectivity index (χ2v) is 6.57. The summed E-state index contributed by atoms with van der Waals surface area (Å²) in [7, 11) is 0. The molecule has 0 saturated carbocycles. The molecule has 1 atom stereocenters. The van der Waals surface area contributed by atoms with E-state index in [1.54, 1.807) is 10.5 Å². The van der Waals surface area contributed by atoms with Crippen LogP contribution in [0, 0.1) is 12.7 Å². The molecule has 0 spiro atoms. The Morgan fingerprint density at radius 3 is 3.04 bits per heavy atom. The zero-order valence-electron chi connectivity index (χ0n) is 14.0. The third-order valence-corrected chi connectivity index (χ3v) is 4.56. The van der Waals surface area contributed by atoms with Crippen molar-refractivity contribution >= 4 is 11.3 Å². The van der Waals surface area contributed by atoms with Gasteiger partial charge in [0, 0.05) is 56.9 Å². The van der Waals surface area contributed by atoms with Crippen molar-refractivity contribution in [2.75, 3.05) is 31.1 Å². The molecule has 4 rings (SSSR count). The minimum atomic E-state index is -0.291. The number of rotatable bonds is 2. The van der Waals surface area contributed by atoms with Crippen LogP contribution in [0.15, 0.2) is 42.5 Å². The van der Waals surface area contributed by atoms with Gasteiger partial charge in [0.1, 0.15) is 0 Å². The van der Waals surface area contributed by atoms with Gasteiger partial charge in [-0.25, -0.2) is 9.37 Å². The second kappa shape index (κ2) is 5.94. The lowest BCUT2D eigenvalue weighted by molar-refractivity contribution is 0.261. The van der Waals surface area contributed by atoms with Crippen LogP contribution in [0.3, 0.4) is 0 Å². The van der Waals surface area contributed by atoms with E-state index in [0.29, 0.717) is 11.7 Å². The number of aryl methyl sites for hydroxylation is 1. The van der Waals surface area contributed by atoms with Crippen molar-refractivity contribution in [1.29, 1.82) is 0 Å². The molecule has 1 fully saturated rings. The number of piperazine rings is 1. The van der Waals surface area contributed by atoms with E-state index in [9.17, 15) is 4.39 Å². The van der Waals surface area contributed by atoms with Crippen molar-refractivity contribution in [3.05, 3.63) is 54.0 Å². The summed E-state index contributed by atoms with van der Waals surface area (Å²) in [5.41, 5.74) is 3.21. The number of nitrogens with zero attached hydrogens (tertiary/aromatic N) is 4. The second-order valence-electron chi connectivity index (χ2n) is 6.57. The minimum Gasteiger partial charge on any atom is -0.368 e. The number of hydrogen-bond donors (Lipinski definition) is 1. The molecule has 2 aromatic rings. The predicted octanol–water partition coefficient (Wildman–Crippen LogP) is 2.29. The van der Waals surface area contributed by atoms with Crippen molar-refractivity contribution in [2.24, 2.45) is 0 Å². The Balaban J connectivity index is 1.65. The maximum Gasteiger partial charge on any atom is 0.173 e. The number of allylic oxidation sites excluding steroid dienone is 1. The number of hydrogen-bond acceptors (Lipinski definition) is 4. The maximum atomic E-state index is 14.4. The Morgan fingerprint density at radius 1 is 1.33 bits per heavy atom. The molecule has 5 nitrogen and oxygen atoms in total. The summed E-state index contributed by atoms with van der Waals surface area (Å²) < 4.78 is 16.1. The first-order valence-corrected chi connectivity index (χ1v) is 8.38. The molecule has 126 valence electrons. The van der Waals surface area contributed by atoms with Gasteiger partial charge in [-0.2, -0.15) is 0 Å². The van der Waals surface area contributed by atoms with Gasteiger partial charge in [0.2, 0.25) is 0 Å². The maximum absolute atomic E-state index is 14.4. The monoisotopic (exact) mass is 327 g/mol. The molecule has 2 aromatic heterocycles. The highest BCUT2D eigenvalue weighted by molar-refractivity contribution is 5.57. The van der Waals surface area contributed by atoms with E-state index in [4.69, 9.17) is 0 Å². The SMILES string of the molecule is Cc1cn2cc(N3C=C(N4CCNC(C)C4)C=CC3)cc(F)c2n1. The van der Waals surface area contributed by atoms with E-state index in [1.165, 1.54) is 5.70 Å².